The number of benzene rings is 1. The number of rotatable bonds is 2. The normalized spacial score (nSPS) is 17.5. The molecule has 0 bridgehead atoms. The minimum atomic E-state index is -0.658. The molecule has 0 amide bonds. The molecule has 0 saturated heterocycles. The Bertz CT molecular complexity index is 823. The van der Waals surface area contributed by atoms with E-state index in [1.807, 2.05) is 20.8 Å². The summed E-state index contributed by atoms with van der Waals surface area (Å²) in [7, 11) is 0. The summed E-state index contributed by atoms with van der Waals surface area (Å²) >= 11 is 1.30. The van der Waals surface area contributed by atoms with Gasteiger partial charge in [-0.05, 0) is 26.8 Å². The average Bonchev–Trinajstić information content (AvgIpc) is 2.75. The molecule has 3 rings (SSSR count). The van der Waals surface area contributed by atoms with Crippen molar-refractivity contribution in [3.05, 3.63) is 51.3 Å². The van der Waals surface area contributed by atoms with Crippen LogP contribution in [0.5, 0.6) is 0 Å². The Hall–Kier alpha value is -1.89. The first kappa shape index (κ1) is 15.0. The van der Waals surface area contributed by atoms with Gasteiger partial charge >= 0.3 is 0 Å². The molecule has 22 heavy (non-hydrogen) atoms. The number of nitrogens with one attached hydrogen (secondary N) is 1. The number of thioether (sulfide) groups is 1. The third-order valence-electron chi connectivity index (χ3n) is 3.51. The lowest BCUT2D eigenvalue weighted by Gasteiger charge is -2.21. The van der Waals surface area contributed by atoms with Gasteiger partial charge in [0.05, 0.1) is 15.9 Å². The summed E-state index contributed by atoms with van der Waals surface area (Å²) in [6.45, 7) is 5.66. The predicted octanol–water partition coefficient (Wildman–Crippen LogP) is 3.92. The molecule has 0 fully saturated rings. The fourth-order valence-electron chi connectivity index (χ4n) is 2.52. The zero-order valence-corrected chi connectivity index (χ0v) is 13.2. The average molecular weight is 323 g/mol. The fraction of sp³-hybridized carbons (Fsp3) is 0.333. The summed E-state index contributed by atoms with van der Waals surface area (Å²) < 4.78 is 29.0. The summed E-state index contributed by atoms with van der Waals surface area (Å²) in [5.41, 5.74) is 0.407. The van der Waals surface area contributed by atoms with E-state index in [0.29, 0.717) is 11.4 Å². The van der Waals surface area contributed by atoms with E-state index in [4.69, 9.17) is 0 Å². The van der Waals surface area contributed by atoms with Gasteiger partial charge in [0.15, 0.2) is 5.82 Å². The van der Waals surface area contributed by atoms with Crippen molar-refractivity contribution in [3.8, 4) is 0 Å². The van der Waals surface area contributed by atoms with Crippen molar-refractivity contribution >= 4 is 22.6 Å². The molecule has 0 radical (unpaired) electrons. The number of nitrogens with zero attached hydrogens (tertiary/aromatic N) is 2. The van der Waals surface area contributed by atoms with Crippen molar-refractivity contribution in [1.29, 1.82) is 0 Å². The van der Waals surface area contributed by atoms with Gasteiger partial charge in [-0.15, -0.1) is 0 Å². The first-order valence-electron chi connectivity index (χ1n) is 6.89. The van der Waals surface area contributed by atoms with Crippen LogP contribution < -0.4 is 5.56 Å². The van der Waals surface area contributed by atoms with Crippen molar-refractivity contribution in [2.45, 2.75) is 32.1 Å². The molecule has 0 saturated carbocycles. The highest BCUT2D eigenvalue weighted by molar-refractivity contribution is 8.14. The van der Waals surface area contributed by atoms with Crippen LogP contribution in [0.3, 0.4) is 0 Å². The number of hydrogen-bond donors (Lipinski definition) is 1. The Balaban J connectivity index is 2.22. The number of H-pyrrole nitrogens is 1. The number of aromatic nitrogens is 2. The van der Waals surface area contributed by atoms with Gasteiger partial charge in [0.25, 0.3) is 5.56 Å². The Labute approximate surface area is 130 Å². The molecule has 1 aliphatic rings. The molecular formula is C15H15F2N3OS. The second-order valence-corrected chi connectivity index (χ2v) is 6.73. The fourth-order valence-corrected chi connectivity index (χ4v) is 3.64. The first-order chi connectivity index (χ1) is 10.4. The lowest BCUT2D eigenvalue weighted by Crippen LogP contribution is -2.14. The topological polar surface area (TPSA) is 50.1 Å². The number of halogens is 2. The number of fused-ring (bicyclic) bond motifs is 1. The minimum Gasteiger partial charge on any atom is -0.268 e. The molecule has 1 atom stereocenters. The molecule has 1 aromatic carbocycles. The number of aliphatic imine (C=N–C) groups is 1. The molecule has 1 aliphatic heterocycles. The standard InChI is InChI=1S/C15H15F2N3OS/c1-7(2)20-14-12(15(21)19-20)13(22-8(3)18-14)10-5-4-9(16)6-11(10)17/h4-7,13H,1-3H3,(H,19,21). The highest BCUT2D eigenvalue weighted by Crippen LogP contribution is 2.44. The lowest BCUT2D eigenvalue weighted by molar-refractivity contribution is 0.533. The molecule has 2 aromatic rings. The molecular weight excluding hydrogens is 308 g/mol. The number of hydrogen-bond acceptors (Lipinski definition) is 3. The smallest absolute Gasteiger partial charge is 0.268 e. The molecule has 7 heteroatoms. The van der Waals surface area contributed by atoms with Crippen molar-refractivity contribution in [2.24, 2.45) is 4.99 Å². The van der Waals surface area contributed by atoms with Gasteiger partial charge in [-0.3, -0.25) is 14.6 Å². The third-order valence-corrected chi connectivity index (χ3v) is 4.67. The van der Waals surface area contributed by atoms with Gasteiger partial charge in [0.2, 0.25) is 0 Å². The van der Waals surface area contributed by atoms with Crippen LogP contribution in [0.1, 0.15) is 43.2 Å². The second-order valence-electron chi connectivity index (χ2n) is 5.44. The van der Waals surface area contributed by atoms with Crippen LogP contribution in [-0.4, -0.2) is 14.8 Å². The predicted molar refractivity (Wildman–Crippen MR) is 84.0 cm³/mol. The van der Waals surface area contributed by atoms with Crippen LogP contribution in [-0.2, 0) is 0 Å². The van der Waals surface area contributed by atoms with Crippen molar-refractivity contribution in [2.75, 3.05) is 0 Å². The van der Waals surface area contributed by atoms with Crippen LogP contribution in [0, 0.1) is 11.6 Å². The summed E-state index contributed by atoms with van der Waals surface area (Å²) in [5, 5.41) is 2.95. The van der Waals surface area contributed by atoms with Crippen molar-refractivity contribution in [1.82, 2.24) is 9.78 Å². The van der Waals surface area contributed by atoms with E-state index in [9.17, 15) is 13.6 Å². The molecule has 0 aliphatic carbocycles. The van der Waals surface area contributed by atoms with E-state index in [0.717, 1.165) is 11.1 Å². The molecule has 4 nitrogen and oxygen atoms in total. The van der Waals surface area contributed by atoms with Crippen molar-refractivity contribution < 1.29 is 8.78 Å². The van der Waals surface area contributed by atoms with Gasteiger partial charge in [-0.1, -0.05) is 17.8 Å². The van der Waals surface area contributed by atoms with Gasteiger partial charge in [0, 0.05) is 17.7 Å². The molecule has 116 valence electrons. The lowest BCUT2D eigenvalue weighted by atomic mass is 10.1. The van der Waals surface area contributed by atoms with Gasteiger partial charge in [0.1, 0.15) is 11.6 Å². The van der Waals surface area contributed by atoms with E-state index in [1.165, 1.54) is 23.9 Å². The van der Waals surface area contributed by atoms with Crippen LogP contribution in [0.4, 0.5) is 14.6 Å². The van der Waals surface area contributed by atoms with Crippen LogP contribution >= 0.6 is 11.8 Å². The van der Waals surface area contributed by atoms with Gasteiger partial charge in [-0.25, -0.2) is 13.8 Å². The Morgan fingerprint density at radius 1 is 1.36 bits per heavy atom. The summed E-state index contributed by atoms with van der Waals surface area (Å²) in [6.07, 6.45) is 0. The van der Waals surface area contributed by atoms with Gasteiger partial charge < -0.3 is 0 Å². The summed E-state index contributed by atoms with van der Waals surface area (Å²) in [5.74, 6) is -0.777. The quantitative estimate of drug-likeness (QED) is 0.910. The van der Waals surface area contributed by atoms with E-state index < -0.39 is 16.9 Å². The highest BCUT2D eigenvalue weighted by Gasteiger charge is 2.32. The summed E-state index contributed by atoms with van der Waals surface area (Å²) in [4.78, 5) is 16.7. The van der Waals surface area contributed by atoms with Crippen LogP contribution in [0.25, 0.3) is 0 Å². The van der Waals surface area contributed by atoms with Crippen LogP contribution in [0.15, 0.2) is 28.0 Å². The zero-order valence-electron chi connectivity index (χ0n) is 12.4. The Kier molecular flexibility index (Phi) is 3.68. The minimum absolute atomic E-state index is 0.0230. The molecule has 1 unspecified atom stereocenters. The molecule has 1 aromatic heterocycles. The van der Waals surface area contributed by atoms with E-state index in [-0.39, 0.29) is 17.2 Å². The monoisotopic (exact) mass is 323 g/mol. The SMILES string of the molecule is CC1=Nc2c(c(=O)[nH]n2C(C)C)C(c2ccc(F)cc2F)S1. The Morgan fingerprint density at radius 2 is 2.09 bits per heavy atom. The highest BCUT2D eigenvalue weighted by atomic mass is 32.2. The van der Waals surface area contributed by atoms with Crippen LogP contribution in [0.2, 0.25) is 0 Å². The van der Waals surface area contributed by atoms with E-state index in [1.54, 1.807) is 4.68 Å². The maximum Gasteiger partial charge on any atom is 0.271 e. The maximum absolute atomic E-state index is 14.1. The largest absolute Gasteiger partial charge is 0.271 e. The van der Waals surface area contributed by atoms with E-state index >= 15 is 0 Å². The maximum atomic E-state index is 14.1. The number of aromatic amines is 1. The second kappa shape index (κ2) is 5.39. The Morgan fingerprint density at radius 3 is 2.73 bits per heavy atom. The summed E-state index contributed by atoms with van der Waals surface area (Å²) in [6, 6.07) is 3.45. The van der Waals surface area contributed by atoms with Gasteiger partial charge in [-0.2, -0.15) is 0 Å². The molecule has 1 N–H and O–H groups in total. The van der Waals surface area contributed by atoms with E-state index in [2.05, 4.69) is 10.1 Å². The first-order valence-corrected chi connectivity index (χ1v) is 7.77. The third kappa shape index (κ3) is 2.39. The molecule has 2 heterocycles. The zero-order chi connectivity index (χ0) is 16.0. The van der Waals surface area contributed by atoms with Crippen molar-refractivity contribution in [3.63, 3.8) is 0 Å². The molecule has 0 spiro atoms.